The van der Waals surface area contributed by atoms with Crippen LogP contribution in [0, 0.1) is 0 Å². The Labute approximate surface area is 101 Å². The van der Waals surface area contributed by atoms with E-state index < -0.39 is 0 Å². The van der Waals surface area contributed by atoms with Crippen LogP contribution in [0.25, 0.3) is 0 Å². The molecule has 1 aliphatic carbocycles. The number of benzene rings is 1. The third kappa shape index (κ3) is 2.79. The summed E-state index contributed by atoms with van der Waals surface area (Å²) in [5, 5.41) is 0. The van der Waals surface area contributed by atoms with Crippen LogP contribution in [0.5, 0.6) is 0 Å². The van der Waals surface area contributed by atoms with E-state index in [1.807, 2.05) is 11.8 Å². The Balaban J connectivity index is 2.01. The maximum Gasteiger partial charge on any atom is 0.0439 e. The predicted molar refractivity (Wildman–Crippen MR) is 69.1 cm³/mol. The van der Waals surface area contributed by atoms with E-state index in [4.69, 9.17) is 11.6 Å². The van der Waals surface area contributed by atoms with E-state index in [2.05, 4.69) is 24.8 Å². The molecule has 1 aliphatic rings. The fraction of sp³-hybridized carbons (Fsp3) is 0.385. The lowest BCUT2D eigenvalue weighted by Gasteiger charge is -2.05. The smallest absolute Gasteiger partial charge is 0.0439 e. The van der Waals surface area contributed by atoms with Crippen molar-refractivity contribution in [3.8, 4) is 0 Å². The second-order valence-electron chi connectivity index (χ2n) is 3.96. The predicted octanol–water partition coefficient (Wildman–Crippen LogP) is 4.06. The lowest BCUT2D eigenvalue weighted by atomic mass is 10.1. The van der Waals surface area contributed by atoms with Crippen molar-refractivity contribution in [2.45, 2.75) is 24.2 Å². The van der Waals surface area contributed by atoms with Crippen LogP contribution in [0.15, 0.2) is 35.2 Å². The molecule has 0 fully saturated rings. The Morgan fingerprint density at radius 3 is 2.93 bits per heavy atom. The minimum atomic E-state index is 0.567. The Morgan fingerprint density at radius 1 is 1.33 bits per heavy atom. The summed E-state index contributed by atoms with van der Waals surface area (Å²) in [6, 6.07) is 6.82. The third-order valence-electron chi connectivity index (χ3n) is 2.70. The van der Waals surface area contributed by atoms with E-state index in [0.717, 1.165) is 11.3 Å². The van der Waals surface area contributed by atoms with Crippen LogP contribution in [0.3, 0.4) is 0 Å². The van der Waals surface area contributed by atoms with Gasteiger partial charge in [-0.15, -0.1) is 23.4 Å². The molecule has 2 heteroatoms. The molecule has 0 atom stereocenters. The number of hydrogen-bond donors (Lipinski definition) is 0. The average molecular weight is 239 g/mol. The number of rotatable bonds is 4. The number of alkyl halides is 1. The molecule has 0 heterocycles. The van der Waals surface area contributed by atoms with Crippen LogP contribution in [0.2, 0.25) is 0 Å². The number of thioether (sulfide) groups is 1. The van der Waals surface area contributed by atoms with E-state index in [1.54, 1.807) is 0 Å². The van der Waals surface area contributed by atoms with Crippen LogP contribution in [-0.2, 0) is 12.8 Å². The lowest BCUT2D eigenvalue weighted by molar-refractivity contribution is 0.911. The molecular weight excluding hydrogens is 224 g/mol. The van der Waals surface area contributed by atoms with Gasteiger partial charge < -0.3 is 0 Å². The van der Waals surface area contributed by atoms with Crippen molar-refractivity contribution in [2.75, 3.05) is 11.6 Å². The minimum absolute atomic E-state index is 0.567. The summed E-state index contributed by atoms with van der Waals surface area (Å²) in [4.78, 5) is 1.35. The van der Waals surface area contributed by atoms with Crippen LogP contribution < -0.4 is 0 Å². The number of fused-ring (bicyclic) bond motifs is 1. The van der Waals surface area contributed by atoms with E-state index in [9.17, 15) is 0 Å². The summed E-state index contributed by atoms with van der Waals surface area (Å²) < 4.78 is 0. The second-order valence-corrected chi connectivity index (χ2v) is 5.27. The molecule has 0 saturated heterocycles. The van der Waals surface area contributed by atoms with Gasteiger partial charge in [0.2, 0.25) is 0 Å². The molecule has 0 nitrogen and oxygen atoms in total. The molecule has 0 saturated carbocycles. The first-order valence-corrected chi connectivity index (χ1v) is 6.79. The SMILES string of the molecule is C=C(CCl)CSc1ccc2c(c1)CCC2. The highest BCUT2D eigenvalue weighted by atomic mass is 35.5. The summed E-state index contributed by atoms with van der Waals surface area (Å²) in [5.41, 5.74) is 4.18. The zero-order valence-electron chi connectivity index (χ0n) is 8.76. The van der Waals surface area contributed by atoms with Gasteiger partial charge in [-0.2, -0.15) is 0 Å². The Hall–Kier alpha value is -0.400. The van der Waals surface area contributed by atoms with Gasteiger partial charge in [0.05, 0.1) is 0 Å². The van der Waals surface area contributed by atoms with Crippen molar-refractivity contribution >= 4 is 23.4 Å². The Bertz CT molecular complexity index is 371. The van der Waals surface area contributed by atoms with Crippen molar-refractivity contribution in [1.82, 2.24) is 0 Å². The van der Waals surface area contributed by atoms with Gasteiger partial charge in [-0.05, 0) is 42.5 Å². The van der Waals surface area contributed by atoms with Gasteiger partial charge >= 0.3 is 0 Å². The van der Waals surface area contributed by atoms with Gasteiger partial charge in [-0.1, -0.05) is 18.2 Å². The molecule has 15 heavy (non-hydrogen) atoms. The van der Waals surface area contributed by atoms with Gasteiger partial charge in [0.25, 0.3) is 0 Å². The van der Waals surface area contributed by atoms with Crippen molar-refractivity contribution in [1.29, 1.82) is 0 Å². The molecule has 0 spiro atoms. The fourth-order valence-corrected chi connectivity index (χ4v) is 2.93. The number of aryl methyl sites for hydroxylation is 2. The first-order chi connectivity index (χ1) is 7.29. The molecule has 0 radical (unpaired) electrons. The lowest BCUT2D eigenvalue weighted by Crippen LogP contribution is -1.88. The molecule has 0 aliphatic heterocycles. The van der Waals surface area contributed by atoms with Gasteiger partial charge in [-0.25, -0.2) is 0 Å². The molecule has 80 valence electrons. The number of hydrogen-bond acceptors (Lipinski definition) is 1. The maximum atomic E-state index is 5.70. The molecule has 1 aromatic carbocycles. The van der Waals surface area contributed by atoms with E-state index in [-0.39, 0.29) is 0 Å². The van der Waals surface area contributed by atoms with E-state index in [1.165, 1.54) is 35.3 Å². The topological polar surface area (TPSA) is 0 Å². The first kappa shape index (κ1) is 11.1. The minimum Gasteiger partial charge on any atom is -0.122 e. The third-order valence-corrected chi connectivity index (χ3v) is 4.22. The summed E-state index contributed by atoms with van der Waals surface area (Å²) in [7, 11) is 0. The second kappa shape index (κ2) is 5.09. The van der Waals surface area contributed by atoms with Crippen LogP contribution in [0.1, 0.15) is 17.5 Å². The standard InChI is InChI=1S/C13H15ClS/c1-10(8-14)9-15-13-6-5-11-3-2-4-12(11)7-13/h5-7H,1-4,8-9H2. The molecule has 1 aromatic rings. The highest BCUT2D eigenvalue weighted by Gasteiger charge is 2.10. The zero-order valence-corrected chi connectivity index (χ0v) is 10.3. The molecule has 0 amide bonds. The van der Waals surface area contributed by atoms with Crippen LogP contribution >= 0.6 is 23.4 Å². The monoisotopic (exact) mass is 238 g/mol. The Kier molecular flexibility index (Phi) is 3.76. The highest BCUT2D eigenvalue weighted by Crippen LogP contribution is 2.28. The highest BCUT2D eigenvalue weighted by molar-refractivity contribution is 7.99. The van der Waals surface area contributed by atoms with Gasteiger partial charge in [0.15, 0.2) is 0 Å². The van der Waals surface area contributed by atoms with Crippen molar-refractivity contribution in [3.05, 3.63) is 41.5 Å². The molecular formula is C13H15ClS. The normalized spacial score (nSPS) is 13.9. The average Bonchev–Trinajstić information content (AvgIpc) is 2.72. The maximum absolute atomic E-state index is 5.70. The van der Waals surface area contributed by atoms with Gasteiger partial charge in [0.1, 0.15) is 0 Å². The van der Waals surface area contributed by atoms with Gasteiger partial charge in [0, 0.05) is 16.5 Å². The molecule has 2 rings (SSSR count). The molecule has 0 bridgehead atoms. The van der Waals surface area contributed by atoms with Crippen LogP contribution in [-0.4, -0.2) is 11.6 Å². The molecule has 0 unspecified atom stereocenters. The van der Waals surface area contributed by atoms with Crippen molar-refractivity contribution in [2.24, 2.45) is 0 Å². The summed E-state index contributed by atoms with van der Waals surface area (Å²) in [5.74, 6) is 1.50. The molecule has 0 N–H and O–H groups in total. The summed E-state index contributed by atoms with van der Waals surface area (Å²) >= 11 is 7.53. The first-order valence-electron chi connectivity index (χ1n) is 5.27. The quantitative estimate of drug-likeness (QED) is 0.433. The Morgan fingerprint density at radius 2 is 2.13 bits per heavy atom. The zero-order chi connectivity index (χ0) is 10.7. The number of halogens is 1. The van der Waals surface area contributed by atoms with Crippen LogP contribution in [0.4, 0.5) is 0 Å². The van der Waals surface area contributed by atoms with E-state index >= 15 is 0 Å². The van der Waals surface area contributed by atoms with Gasteiger partial charge in [-0.3, -0.25) is 0 Å². The summed E-state index contributed by atoms with van der Waals surface area (Å²) in [6.07, 6.45) is 3.83. The van der Waals surface area contributed by atoms with E-state index in [0.29, 0.717) is 5.88 Å². The summed E-state index contributed by atoms with van der Waals surface area (Å²) in [6.45, 7) is 3.91. The van der Waals surface area contributed by atoms with Crippen molar-refractivity contribution < 1.29 is 0 Å². The molecule has 0 aromatic heterocycles. The fourth-order valence-electron chi connectivity index (χ4n) is 1.86. The largest absolute Gasteiger partial charge is 0.122 e. The van der Waals surface area contributed by atoms with Crippen molar-refractivity contribution in [3.63, 3.8) is 0 Å².